The average Bonchev–Trinajstić information content (AvgIpc) is 2.67. The van der Waals surface area contributed by atoms with Gasteiger partial charge < -0.3 is 4.74 Å². The molecule has 0 saturated carbocycles. The molecule has 0 aliphatic rings. The highest BCUT2D eigenvalue weighted by atomic mass is 79.9. The lowest BCUT2D eigenvalue weighted by Gasteiger charge is -2.06. The molecule has 0 aliphatic heterocycles. The van der Waals surface area contributed by atoms with Crippen LogP contribution in [0.15, 0.2) is 28.2 Å². The lowest BCUT2D eigenvalue weighted by Crippen LogP contribution is -1.99. The third-order valence-electron chi connectivity index (χ3n) is 2.15. The maximum atomic E-state index is 10.7. The number of rotatable bonds is 3. The number of nitrogens with zero attached hydrogens (tertiary/aromatic N) is 4. The van der Waals surface area contributed by atoms with Gasteiger partial charge in [0.25, 0.3) is 0 Å². The third-order valence-corrected chi connectivity index (χ3v) is 2.71. The van der Waals surface area contributed by atoms with Gasteiger partial charge in [-0.05, 0) is 34.1 Å². The van der Waals surface area contributed by atoms with E-state index in [2.05, 4.69) is 31.1 Å². The monoisotopic (exact) mass is 296 g/mol. The molecule has 0 unspecified atom stereocenters. The Morgan fingerprint density at radius 2 is 2.18 bits per heavy atom. The molecule has 0 N–H and O–H groups in total. The van der Waals surface area contributed by atoms with Crippen LogP contribution < -0.4 is 4.74 Å². The molecular formula is C10H9BrN4O2. The second-order valence-electron chi connectivity index (χ2n) is 3.31. The molecule has 0 bridgehead atoms. The summed E-state index contributed by atoms with van der Waals surface area (Å²) < 4.78 is 7.21. The summed E-state index contributed by atoms with van der Waals surface area (Å²) in [5.74, 6) is 0.789. The van der Waals surface area contributed by atoms with Crippen molar-refractivity contribution in [3.8, 4) is 11.7 Å². The molecule has 6 nitrogen and oxygen atoms in total. The molecule has 17 heavy (non-hydrogen) atoms. The number of ether oxygens (including phenoxy) is 1. The summed E-state index contributed by atoms with van der Waals surface area (Å²) >= 11 is 3.29. The number of nitroso groups, excluding NO2 is 1. The minimum atomic E-state index is 0.226. The van der Waals surface area contributed by atoms with Crippen LogP contribution in [0.5, 0.6) is 5.88 Å². The largest absolute Gasteiger partial charge is 0.481 e. The summed E-state index contributed by atoms with van der Waals surface area (Å²) in [7, 11) is 1.51. The SMILES string of the molecule is COc1ccc(N=O)c(-n2cc(C)nc2Br)n1. The minimum Gasteiger partial charge on any atom is -0.481 e. The van der Waals surface area contributed by atoms with E-state index in [-0.39, 0.29) is 5.69 Å². The van der Waals surface area contributed by atoms with Gasteiger partial charge in [-0.25, -0.2) is 4.98 Å². The fraction of sp³-hybridized carbons (Fsp3) is 0.200. The smallest absolute Gasteiger partial charge is 0.215 e. The lowest BCUT2D eigenvalue weighted by molar-refractivity contribution is 0.397. The number of aromatic nitrogens is 3. The molecule has 0 radical (unpaired) electrons. The zero-order valence-electron chi connectivity index (χ0n) is 9.22. The molecule has 88 valence electrons. The summed E-state index contributed by atoms with van der Waals surface area (Å²) in [4.78, 5) is 19.1. The standard InChI is InChI=1S/C10H9BrN4O2/c1-6-5-15(10(11)12-6)9-7(14-16)3-4-8(13-9)17-2/h3-5H,1-2H3. The van der Waals surface area contributed by atoms with E-state index in [4.69, 9.17) is 4.74 Å². The first-order valence-electron chi connectivity index (χ1n) is 4.76. The summed E-state index contributed by atoms with van der Waals surface area (Å²) in [6, 6.07) is 3.13. The molecule has 0 spiro atoms. The van der Waals surface area contributed by atoms with Crippen molar-refractivity contribution in [3.05, 3.63) is 33.7 Å². The normalized spacial score (nSPS) is 10.3. The Morgan fingerprint density at radius 1 is 1.41 bits per heavy atom. The second kappa shape index (κ2) is 4.62. The van der Waals surface area contributed by atoms with Gasteiger partial charge in [0.2, 0.25) is 5.88 Å². The molecule has 0 atom stereocenters. The summed E-state index contributed by atoms with van der Waals surface area (Å²) in [5, 5.41) is 2.94. The Kier molecular flexibility index (Phi) is 3.19. The van der Waals surface area contributed by atoms with Gasteiger partial charge in [0, 0.05) is 12.3 Å². The molecular weight excluding hydrogens is 288 g/mol. The van der Waals surface area contributed by atoms with Crippen molar-refractivity contribution >= 4 is 21.6 Å². The van der Waals surface area contributed by atoms with E-state index in [0.29, 0.717) is 16.4 Å². The number of imidazole rings is 1. The molecule has 0 aromatic carbocycles. The number of halogens is 1. The molecule has 0 saturated heterocycles. The van der Waals surface area contributed by atoms with Gasteiger partial charge >= 0.3 is 0 Å². The Bertz CT molecular complexity index is 567. The average molecular weight is 297 g/mol. The van der Waals surface area contributed by atoms with Gasteiger partial charge in [-0.1, -0.05) is 0 Å². The van der Waals surface area contributed by atoms with E-state index in [0.717, 1.165) is 5.69 Å². The van der Waals surface area contributed by atoms with E-state index in [1.165, 1.54) is 7.11 Å². The topological polar surface area (TPSA) is 69.4 Å². The molecule has 7 heteroatoms. The Labute approximate surface area is 106 Å². The van der Waals surface area contributed by atoms with Crippen LogP contribution in [0.4, 0.5) is 5.69 Å². The summed E-state index contributed by atoms with van der Waals surface area (Å²) in [6.45, 7) is 1.84. The van der Waals surface area contributed by atoms with Crippen molar-refractivity contribution in [2.75, 3.05) is 7.11 Å². The van der Waals surface area contributed by atoms with Gasteiger partial charge in [0.05, 0.1) is 12.8 Å². The molecule has 2 aromatic rings. The third kappa shape index (κ3) is 2.19. The minimum absolute atomic E-state index is 0.226. The Morgan fingerprint density at radius 3 is 2.71 bits per heavy atom. The van der Waals surface area contributed by atoms with Crippen LogP contribution in [-0.4, -0.2) is 21.6 Å². The van der Waals surface area contributed by atoms with Crippen molar-refractivity contribution in [2.45, 2.75) is 6.92 Å². The van der Waals surface area contributed by atoms with Crippen LogP contribution in [0.1, 0.15) is 5.69 Å². The summed E-state index contributed by atoms with van der Waals surface area (Å²) in [5.41, 5.74) is 1.03. The predicted molar refractivity (Wildman–Crippen MR) is 65.8 cm³/mol. The van der Waals surface area contributed by atoms with Gasteiger partial charge in [0.15, 0.2) is 16.2 Å². The zero-order valence-corrected chi connectivity index (χ0v) is 10.8. The summed E-state index contributed by atoms with van der Waals surface area (Å²) in [6.07, 6.45) is 1.75. The number of aryl methyl sites for hydroxylation is 1. The van der Waals surface area contributed by atoms with E-state index in [1.54, 1.807) is 22.9 Å². The number of pyridine rings is 1. The van der Waals surface area contributed by atoms with Crippen molar-refractivity contribution in [1.82, 2.24) is 14.5 Å². The maximum absolute atomic E-state index is 10.7. The zero-order chi connectivity index (χ0) is 12.4. The van der Waals surface area contributed by atoms with Gasteiger partial charge in [-0.3, -0.25) is 4.57 Å². The highest BCUT2D eigenvalue weighted by Gasteiger charge is 2.13. The van der Waals surface area contributed by atoms with Crippen LogP contribution in [0.2, 0.25) is 0 Å². The number of methoxy groups -OCH3 is 1. The van der Waals surface area contributed by atoms with Crippen molar-refractivity contribution in [2.24, 2.45) is 5.18 Å². The van der Waals surface area contributed by atoms with Crippen LogP contribution in [-0.2, 0) is 0 Å². The first-order valence-corrected chi connectivity index (χ1v) is 5.55. The fourth-order valence-corrected chi connectivity index (χ4v) is 1.95. The molecule has 0 aliphatic carbocycles. The van der Waals surface area contributed by atoms with Crippen molar-refractivity contribution < 1.29 is 4.74 Å². The van der Waals surface area contributed by atoms with Crippen LogP contribution in [0.25, 0.3) is 5.82 Å². The Balaban J connectivity index is 2.63. The first-order chi connectivity index (χ1) is 8.15. The fourth-order valence-electron chi connectivity index (χ4n) is 1.40. The van der Waals surface area contributed by atoms with Crippen LogP contribution in [0.3, 0.4) is 0 Å². The molecule has 2 heterocycles. The van der Waals surface area contributed by atoms with Crippen LogP contribution >= 0.6 is 15.9 Å². The molecule has 2 rings (SSSR count). The maximum Gasteiger partial charge on any atom is 0.215 e. The van der Waals surface area contributed by atoms with Crippen LogP contribution in [0, 0.1) is 11.8 Å². The van der Waals surface area contributed by atoms with Gasteiger partial charge in [-0.15, -0.1) is 4.91 Å². The first kappa shape index (κ1) is 11.7. The molecule has 0 fully saturated rings. The molecule has 0 amide bonds. The van der Waals surface area contributed by atoms with E-state index < -0.39 is 0 Å². The van der Waals surface area contributed by atoms with Gasteiger partial charge in [0.1, 0.15) is 0 Å². The predicted octanol–water partition coefficient (Wildman–Crippen LogP) is 2.74. The van der Waals surface area contributed by atoms with Gasteiger partial charge in [-0.2, -0.15) is 4.98 Å². The lowest BCUT2D eigenvalue weighted by atomic mass is 10.4. The number of hydrogen-bond acceptors (Lipinski definition) is 5. The van der Waals surface area contributed by atoms with E-state index in [1.807, 2.05) is 6.92 Å². The van der Waals surface area contributed by atoms with E-state index in [9.17, 15) is 4.91 Å². The highest BCUT2D eigenvalue weighted by molar-refractivity contribution is 9.10. The van der Waals surface area contributed by atoms with Crippen molar-refractivity contribution in [1.29, 1.82) is 0 Å². The Hall–Kier alpha value is -1.76. The highest BCUT2D eigenvalue weighted by Crippen LogP contribution is 2.27. The van der Waals surface area contributed by atoms with Crippen molar-refractivity contribution in [3.63, 3.8) is 0 Å². The quantitative estimate of drug-likeness (QED) is 0.817. The number of hydrogen-bond donors (Lipinski definition) is 0. The molecule has 2 aromatic heterocycles. The second-order valence-corrected chi connectivity index (χ2v) is 4.02. The van der Waals surface area contributed by atoms with E-state index >= 15 is 0 Å².